The number of fused-ring (bicyclic) bond motifs is 1. The molecule has 1 unspecified atom stereocenters. The van der Waals surface area contributed by atoms with Crippen molar-refractivity contribution in [2.24, 2.45) is 0 Å². The molecule has 0 amide bonds. The number of aldehydes is 1. The minimum Gasteiger partial charge on any atom is -0.486 e. The summed E-state index contributed by atoms with van der Waals surface area (Å²) in [7, 11) is 0. The Morgan fingerprint density at radius 1 is 1.31 bits per heavy atom. The van der Waals surface area contributed by atoms with Crippen molar-refractivity contribution in [3.63, 3.8) is 0 Å². The molecule has 0 radical (unpaired) electrons. The van der Waals surface area contributed by atoms with E-state index in [1.165, 1.54) is 0 Å². The van der Waals surface area contributed by atoms with Crippen LogP contribution in [-0.2, 0) is 4.79 Å². The average molecular weight is 220 g/mol. The lowest BCUT2D eigenvalue weighted by Gasteiger charge is -2.21. The van der Waals surface area contributed by atoms with Crippen LogP contribution in [0.2, 0.25) is 0 Å². The molecular formula is C13H16O3. The van der Waals surface area contributed by atoms with Gasteiger partial charge in [-0.1, -0.05) is 6.92 Å². The maximum atomic E-state index is 10.5. The number of aryl methyl sites for hydroxylation is 1. The highest BCUT2D eigenvalue weighted by Gasteiger charge is 2.16. The van der Waals surface area contributed by atoms with Gasteiger partial charge in [0.2, 0.25) is 0 Å². The van der Waals surface area contributed by atoms with E-state index in [1.54, 1.807) is 0 Å². The Kier molecular flexibility index (Phi) is 3.13. The van der Waals surface area contributed by atoms with Crippen molar-refractivity contribution in [1.82, 2.24) is 0 Å². The first-order valence-corrected chi connectivity index (χ1v) is 5.56. The topological polar surface area (TPSA) is 35.5 Å². The third-order valence-electron chi connectivity index (χ3n) is 2.91. The SMILES string of the molecule is Cc1cc2c(cc1C(C)CC=O)OCCO2. The summed E-state index contributed by atoms with van der Waals surface area (Å²) in [6.45, 7) is 5.29. The smallest absolute Gasteiger partial charge is 0.161 e. The van der Waals surface area contributed by atoms with Crippen LogP contribution in [0.5, 0.6) is 11.5 Å². The van der Waals surface area contributed by atoms with Gasteiger partial charge < -0.3 is 14.3 Å². The van der Waals surface area contributed by atoms with Crippen LogP contribution in [0, 0.1) is 6.92 Å². The Balaban J connectivity index is 2.35. The van der Waals surface area contributed by atoms with Crippen molar-refractivity contribution < 1.29 is 14.3 Å². The molecule has 0 spiro atoms. The Morgan fingerprint density at radius 3 is 2.56 bits per heavy atom. The summed E-state index contributed by atoms with van der Waals surface area (Å²) >= 11 is 0. The lowest BCUT2D eigenvalue weighted by Crippen LogP contribution is -2.16. The number of rotatable bonds is 3. The van der Waals surface area contributed by atoms with Gasteiger partial charge in [0, 0.05) is 6.42 Å². The lowest BCUT2D eigenvalue weighted by molar-refractivity contribution is -0.108. The van der Waals surface area contributed by atoms with Gasteiger partial charge in [-0.05, 0) is 36.1 Å². The van der Waals surface area contributed by atoms with Crippen LogP contribution in [0.15, 0.2) is 12.1 Å². The zero-order valence-corrected chi connectivity index (χ0v) is 9.66. The molecule has 2 rings (SSSR count). The summed E-state index contributed by atoms with van der Waals surface area (Å²) in [5, 5.41) is 0. The van der Waals surface area contributed by atoms with Gasteiger partial charge in [-0.3, -0.25) is 0 Å². The third-order valence-corrected chi connectivity index (χ3v) is 2.91. The van der Waals surface area contributed by atoms with Gasteiger partial charge >= 0.3 is 0 Å². The number of hydrogen-bond acceptors (Lipinski definition) is 3. The van der Waals surface area contributed by atoms with Crippen molar-refractivity contribution in [2.45, 2.75) is 26.2 Å². The normalized spacial score (nSPS) is 15.6. The fraction of sp³-hybridized carbons (Fsp3) is 0.462. The number of benzene rings is 1. The number of carbonyl (C=O) groups excluding carboxylic acids is 1. The molecule has 0 aliphatic carbocycles. The number of ether oxygens (including phenoxy) is 2. The summed E-state index contributed by atoms with van der Waals surface area (Å²) < 4.78 is 11.0. The van der Waals surface area contributed by atoms with E-state index in [9.17, 15) is 4.79 Å². The summed E-state index contributed by atoms with van der Waals surface area (Å²) in [5.41, 5.74) is 2.31. The van der Waals surface area contributed by atoms with E-state index in [0.29, 0.717) is 19.6 Å². The molecule has 3 heteroatoms. The minimum absolute atomic E-state index is 0.230. The van der Waals surface area contributed by atoms with Crippen molar-refractivity contribution in [2.75, 3.05) is 13.2 Å². The fourth-order valence-corrected chi connectivity index (χ4v) is 2.01. The van der Waals surface area contributed by atoms with E-state index in [0.717, 1.165) is 28.9 Å². The number of carbonyl (C=O) groups is 1. The molecule has 1 heterocycles. The fourth-order valence-electron chi connectivity index (χ4n) is 2.01. The second-order valence-corrected chi connectivity index (χ2v) is 4.16. The summed E-state index contributed by atoms with van der Waals surface area (Å²) in [6.07, 6.45) is 1.50. The molecule has 1 aromatic rings. The van der Waals surface area contributed by atoms with Crippen molar-refractivity contribution in [3.8, 4) is 11.5 Å². The second kappa shape index (κ2) is 4.56. The molecule has 1 aliphatic heterocycles. The molecule has 1 aliphatic rings. The van der Waals surface area contributed by atoms with Gasteiger partial charge in [-0.2, -0.15) is 0 Å². The molecule has 0 aromatic heterocycles. The first-order chi connectivity index (χ1) is 7.72. The van der Waals surface area contributed by atoms with Crippen molar-refractivity contribution in [3.05, 3.63) is 23.3 Å². The molecule has 3 nitrogen and oxygen atoms in total. The van der Waals surface area contributed by atoms with Crippen LogP contribution in [0.3, 0.4) is 0 Å². The molecule has 0 saturated carbocycles. The van der Waals surface area contributed by atoms with E-state index >= 15 is 0 Å². The molecule has 1 atom stereocenters. The molecule has 0 saturated heterocycles. The highest BCUT2D eigenvalue weighted by Crippen LogP contribution is 2.36. The van der Waals surface area contributed by atoms with Gasteiger partial charge in [-0.15, -0.1) is 0 Å². The maximum Gasteiger partial charge on any atom is 0.161 e. The molecular weight excluding hydrogens is 204 g/mol. The highest BCUT2D eigenvalue weighted by molar-refractivity contribution is 5.54. The summed E-state index contributed by atoms with van der Waals surface area (Å²) in [4.78, 5) is 10.5. The Hall–Kier alpha value is -1.51. The van der Waals surface area contributed by atoms with Crippen molar-refractivity contribution >= 4 is 6.29 Å². The summed E-state index contributed by atoms with van der Waals surface area (Å²) in [5.74, 6) is 1.84. The minimum atomic E-state index is 0.230. The van der Waals surface area contributed by atoms with Crippen molar-refractivity contribution in [1.29, 1.82) is 0 Å². The van der Waals surface area contributed by atoms with E-state index in [2.05, 4.69) is 0 Å². The predicted octanol–water partition coefficient (Wildman–Crippen LogP) is 2.46. The first kappa shape index (κ1) is 11.0. The van der Waals surface area contributed by atoms with Gasteiger partial charge in [0.25, 0.3) is 0 Å². The van der Waals surface area contributed by atoms with Crippen LogP contribution in [0.25, 0.3) is 0 Å². The van der Waals surface area contributed by atoms with Crippen LogP contribution in [0.4, 0.5) is 0 Å². The molecule has 0 N–H and O–H groups in total. The van der Waals surface area contributed by atoms with E-state index in [4.69, 9.17) is 9.47 Å². The Morgan fingerprint density at radius 2 is 1.94 bits per heavy atom. The molecule has 1 aromatic carbocycles. The lowest BCUT2D eigenvalue weighted by atomic mass is 9.93. The van der Waals surface area contributed by atoms with Crippen LogP contribution in [-0.4, -0.2) is 19.5 Å². The number of hydrogen-bond donors (Lipinski definition) is 0. The zero-order valence-electron chi connectivity index (χ0n) is 9.66. The molecule has 0 bridgehead atoms. The highest BCUT2D eigenvalue weighted by atomic mass is 16.6. The quantitative estimate of drug-likeness (QED) is 0.734. The van der Waals surface area contributed by atoms with E-state index < -0.39 is 0 Å². The largest absolute Gasteiger partial charge is 0.486 e. The zero-order chi connectivity index (χ0) is 11.5. The predicted molar refractivity (Wildman–Crippen MR) is 61.3 cm³/mol. The van der Waals surface area contributed by atoms with Gasteiger partial charge in [0.15, 0.2) is 11.5 Å². The Labute approximate surface area is 95.4 Å². The van der Waals surface area contributed by atoms with Crippen LogP contribution in [0.1, 0.15) is 30.4 Å². The van der Waals surface area contributed by atoms with Gasteiger partial charge in [0.1, 0.15) is 19.5 Å². The third kappa shape index (κ3) is 2.03. The second-order valence-electron chi connectivity index (χ2n) is 4.16. The molecule has 0 fully saturated rings. The average Bonchev–Trinajstić information content (AvgIpc) is 2.28. The monoisotopic (exact) mass is 220 g/mol. The first-order valence-electron chi connectivity index (χ1n) is 5.56. The van der Waals surface area contributed by atoms with Gasteiger partial charge in [-0.25, -0.2) is 0 Å². The molecule has 86 valence electrons. The van der Waals surface area contributed by atoms with Gasteiger partial charge in [0.05, 0.1) is 0 Å². The molecule has 16 heavy (non-hydrogen) atoms. The maximum absolute atomic E-state index is 10.5. The van der Waals surface area contributed by atoms with Crippen LogP contribution < -0.4 is 9.47 Å². The van der Waals surface area contributed by atoms with E-state index in [-0.39, 0.29) is 5.92 Å². The Bertz CT molecular complexity index is 398. The summed E-state index contributed by atoms with van der Waals surface area (Å²) in [6, 6.07) is 3.99. The standard InChI is InChI=1S/C13H16O3/c1-9(3-4-14)11-8-13-12(7-10(11)2)15-5-6-16-13/h4,7-9H,3,5-6H2,1-2H3. The van der Waals surface area contributed by atoms with Crippen LogP contribution >= 0.6 is 0 Å². The van der Waals surface area contributed by atoms with E-state index in [1.807, 2.05) is 26.0 Å².